The maximum atomic E-state index is 11.8. The number of esters is 1. The van der Waals surface area contributed by atoms with Crippen molar-refractivity contribution in [3.63, 3.8) is 0 Å². The minimum atomic E-state index is -0.309. The van der Waals surface area contributed by atoms with Crippen LogP contribution < -0.4 is 9.47 Å². The Morgan fingerprint density at radius 2 is 1.46 bits per heavy atom. The molecule has 0 aromatic heterocycles. The SMILES string of the molecule is CCC(=O)OC(C)C(c1cccc(OC)c1)c1cccc(OC)c1. The molecule has 4 nitrogen and oxygen atoms in total. The average molecular weight is 328 g/mol. The van der Waals surface area contributed by atoms with Crippen molar-refractivity contribution in [2.24, 2.45) is 0 Å². The Labute approximate surface area is 143 Å². The van der Waals surface area contributed by atoms with Crippen LogP contribution >= 0.6 is 0 Å². The summed E-state index contributed by atoms with van der Waals surface area (Å²) in [6.07, 6.45) is 0.0458. The number of benzene rings is 2. The van der Waals surface area contributed by atoms with Gasteiger partial charge in [0, 0.05) is 12.3 Å². The summed E-state index contributed by atoms with van der Waals surface area (Å²) in [4.78, 5) is 11.8. The van der Waals surface area contributed by atoms with Crippen molar-refractivity contribution in [1.29, 1.82) is 0 Å². The second-order valence-electron chi connectivity index (χ2n) is 5.58. The molecule has 0 spiro atoms. The second-order valence-corrected chi connectivity index (χ2v) is 5.58. The molecule has 0 saturated heterocycles. The van der Waals surface area contributed by atoms with Gasteiger partial charge < -0.3 is 14.2 Å². The number of carbonyl (C=O) groups excluding carboxylic acids is 1. The number of hydrogen-bond donors (Lipinski definition) is 0. The molecule has 0 amide bonds. The molecule has 2 rings (SSSR count). The Kier molecular flexibility index (Phi) is 6.24. The van der Waals surface area contributed by atoms with Crippen LogP contribution in [0.1, 0.15) is 37.3 Å². The van der Waals surface area contributed by atoms with E-state index >= 15 is 0 Å². The van der Waals surface area contributed by atoms with E-state index in [-0.39, 0.29) is 18.0 Å². The van der Waals surface area contributed by atoms with Gasteiger partial charge in [-0.15, -0.1) is 0 Å². The number of methoxy groups -OCH3 is 2. The topological polar surface area (TPSA) is 44.8 Å². The molecule has 0 bridgehead atoms. The number of rotatable bonds is 7. The highest BCUT2D eigenvalue weighted by molar-refractivity contribution is 5.69. The number of carbonyl (C=O) groups is 1. The zero-order valence-electron chi connectivity index (χ0n) is 14.6. The van der Waals surface area contributed by atoms with E-state index < -0.39 is 0 Å². The smallest absolute Gasteiger partial charge is 0.305 e. The van der Waals surface area contributed by atoms with E-state index in [1.807, 2.05) is 55.5 Å². The first-order valence-electron chi connectivity index (χ1n) is 8.06. The van der Waals surface area contributed by atoms with E-state index in [9.17, 15) is 4.79 Å². The first kappa shape index (κ1) is 17.9. The summed E-state index contributed by atoms with van der Waals surface area (Å²) in [5, 5.41) is 0. The lowest BCUT2D eigenvalue weighted by molar-refractivity contribution is -0.148. The molecule has 0 saturated carbocycles. The van der Waals surface area contributed by atoms with Gasteiger partial charge in [0.1, 0.15) is 17.6 Å². The molecule has 0 aliphatic carbocycles. The van der Waals surface area contributed by atoms with Gasteiger partial charge in [-0.25, -0.2) is 0 Å². The minimum absolute atomic E-state index is 0.106. The zero-order valence-corrected chi connectivity index (χ0v) is 14.6. The summed E-state index contributed by atoms with van der Waals surface area (Å²) < 4.78 is 16.3. The zero-order chi connectivity index (χ0) is 17.5. The van der Waals surface area contributed by atoms with Crippen LogP contribution in [0.25, 0.3) is 0 Å². The van der Waals surface area contributed by atoms with Crippen molar-refractivity contribution in [1.82, 2.24) is 0 Å². The van der Waals surface area contributed by atoms with Crippen LogP contribution in [0, 0.1) is 0 Å². The molecule has 0 aliphatic heterocycles. The molecule has 0 aliphatic rings. The summed E-state index contributed by atoms with van der Waals surface area (Å²) in [7, 11) is 3.28. The van der Waals surface area contributed by atoms with Crippen molar-refractivity contribution >= 4 is 5.97 Å². The van der Waals surface area contributed by atoms with Crippen molar-refractivity contribution in [2.75, 3.05) is 14.2 Å². The summed E-state index contributed by atoms with van der Waals surface area (Å²) >= 11 is 0. The summed E-state index contributed by atoms with van der Waals surface area (Å²) in [5.41, 5.74) is 2.05. The highest BCUT2D eigenvalue weighted by Crippen LogP contribution is 2.33. The Morgan fingerprint density at radius 3 is 1.88 bits per heavy atom. The van der Waals surface area contributed by atoms with Crippen molar-refractivity contribution in [3.05, 3.63) is 59.7 Å². The van der Waals surface area contributed by atoms with E-state index in [0.29, 0.717) is 6.42 Å². The minimum Gasteiger partial charge on any atom is -0.497 e. The van der Waals surface area contributed by atoms with Crippen molar-refractivity contribution < 1.29 is 19.0 Å². The Morgan fingerprint density at radius 1 is 0.958 bits per heavy atom. The molecular formula is C20H24O4. The molecular weight excluding hydrogens is 304 g/mol. The normalized spacial score (nSPS) is 11.9. The van der Waals surface area contributed by atoms with E-state index in [0.717, 1.165) is 22.6 Å². The highest BCUT2D eigenvalue weighted by atomic mass is 16.5. The second kappa shape index (κ2) is 8.39. The first-order chi connectivity index (χ1) is 11.6. The van der Waals surface area contributed by atoms with Gasteiger partial charge in [0.2, 0.25) is 0 Å². The van der Waals surface area contributed by atoms with Gasteiger partial charge in [0.25, 0.3) is 0 Å². The lowest BCUT2D eigenvalue weighted by atomic mass is 9.87. The van der Waals surface area contributed by atoms with E-state index in [1.165, 1.54) is 0 Å². The van der Waals surface area contributed by atoms with Gasteiger partial charge in [-0.2, -0.15) is 0 Å². The van der Waals surface area contributed by atoms with Crippen LogP contribution in [0.15, 0.2) is 48.5 Å². The molecule has 0 N–H and O–H groups in total. The molecule has 0 radical (unpaired) electrons. The van der Waals surface area contributed by atoms with Gasteiger partial charge in [0.15, 0.2) is 0 Å². The van der Waals surface area contributed by atoms with Crippen LogP contribution in [0.5, 0.6) is 11.5 Å². The molecule has 2 aromatic rings. The number of hydrogen-bond acceptors (Lipinski definition) is 4. The Hall–Kier alpha value is -2.49. The third kappa shape index (κ3) is 4.28. The van der Waals surface area contributed by atoms with Crippen LogP contribution in [0.2, 0.25) is 0 Å². The van der Waals surface area contributed by atoms with Gasteiger partial charge in [-0.05, 0) is 42.3 Å². The lowest BCUT2D eigenvalue weighted by Crippen LogP contribution is -2.23. The number of ether oxygens (including phenoxy) is 3. The quantitative estimate of drug-likeness (QED) is 0.715. The maximum Gasteiger partial charge on any atom is 0.305 e. The lowest BCUT2D eigenvalue weighted by Gasteiger charge is -2.25. The molecule has 128 valence electrons. The van der Waals surface area contributed by atoms with E-state index in [2.05, 4.69) is 0 Å². The Balaban J connectivity index is 2.45. The predicted octanol–water partition coefficient (Wildman–Crippen LogP) is 4.18. The van der Waals surface area contributed by atoms with Crippen molar-refractivity contribution in [3.8, 4) is 11.5 Å². The monoisotopic (exact) mass is 328 g/mol. The molecule has 2 aromatic carbocycles. The van der Waals surface area contributed by atoms with E-state index in [4.69, 9.17) is 14.2 Å². The van der Waals surface area contributed by atoms with Crippen LogP contribution in [-0.4, -0.2) is 26.3 Å². The van der Waals surface area contributed by atoms with Gasteiger partial charge in [0.05, 0.1) is 14.2 Å². The molecule has 0 fully saturated rings. The highest BCUT2D eigenvalue weighted by Gasteiger charge is 2.25. The molecule has 24 heavy (non-hydrogen) atoms. The van der Waals surface area contributed by atoms with Crippen LogP contribution in [0.3, 0.4) is 0 Å². The largest absolute Gasteiger partial charge is 0.497 e. The van der Waals surface area contributed by atoms with Gasteiger partial charge >= 0.3 is 5.97 Å². The predicted molar refractivity (Wildman–Crippen MR) is 93.7 cm³/mol. The van der Waals surface area contributed by atoms with Gasteiger partial charge in [-0.3, -0.25) is 4.79 Å². The fourth-order valence-corrected chi connectivity index (χ4v) is 2.76. The maximum absolute atomic E-state index is 11.8. The fraction of sp³-hybridized carbons (Fsp3) is 0.350. The average Bonchev–Trinajstić information content (AvgIpc) is 2.62. The molecule has 1 atom stereocenters. The summed E-state index contributed by atoms with van der Waals surface area (Å²) in [6.45, 7) is 3.71. The van der Waals surface area contributed by atoms with E-state index in [1.54, 1.807) is 21.1 Å². The third-order valence-electron chi connectivity index (χ3n) is 3.98. The van der Waals surface area contributed by atoms with Crippen molar-refractivity contribution in [2.45, 2.75) is 32.3 Å². The standard InChI is InChI=1S/C20H24O4/c1-5-19(21)24-14(2)20(15-8-6-10-17(12-15)22-3)16-9-7-11-18(13-16)23-4/h6-14,20H,5H2,1-4H3. The Bertz CT molecular complexity index is 633. The molecule has 1 unspecified atom stereocenters. The molecule has 0 heterocycles. The third-order valence-corrected chi connectivity index (χ3v) is 3.98. The first-order valence-corrected chi connectivity index (χ1v) is 8.06. The van der Waals surface area contributed by atoms with Crippen LogP contribution in [0.4, 0.5) is 0 Å². The van der Waals surface area contributed by atoms with Crippen LogP contribution in [-0.2, 0) is 9.53 Å². The van der Waals surface area contributed by atoms with Gasteiger partial charge in [-0.1, -0.05) is 31.2 Å². The molecule has 4 heteroatoms. The summed E-state index contributed by atoms with van der Waals surface area (Å²) in [5.74, 6) is 1.23. The summed E-state index contributed by atoms with van der Waals surface area (Å²) in [6, 6.07) is 15.7. The fourth-order valence-electron chi connectivity index (χ4n) is 2.76.